The van der Waals surface area contributed by atoms with E-state index in [4.69, 9.17) is 18.0 Å². The molecule has 1 amide bonds. The van der Waals surface area contributed by atoms with Crippen molar-refractivity contribution < 1.29 is 4.79 Å². The lowest BCUT2D eigenvalue weighted by Crippen LogP contribution is -2.31. The molecule has 84 valence electrons. The van der Waals surface area contributed by atoms with Crippen LogP contribution in [0.15, 0.2) is 18.2 Å². The second-order valence-corrected chi connectivity index (χ2v) is 4.72. The number of benzene rings is 1. The Balaban J connectivity index is 2.95. The number of carbonyl (C=O) groups excluding carboxylic acids is 1. The quantitative estimate of drug-likeness (QED) is 0.608. The first-order valence-electron chi connectivity index (χ1n) is 4.78. The van der Waals surface area contributed by atoms with E-state index >= 15 is 0 Å². The lowest BCUT2D eigenvalue weighted by Gasteiger charge is -2.18. The summed E-state index contributed by atoms with van der Waals surface area (Å²) in [5.74, 6) is 2.38. The maximum Gasteiger partial charge on any atom is 0.254 e. The fraction of sp³-hybridized carbons (Fsp3) is 0.250. The van der Waals surface area contributed by atoms with Crippen LogP contribution in [0.3, 0.4) is 0 Å². The van der Waals surface area contributed by atoms with Gasteiger partial charge in [0.2, 0.25) is 0 Å². The summed E-state index contributed by atoms with van der Waals surface area (Å²) in [5.41, 5.74) is 0.572. The zero-order chi connectivity index (χ0) is 12.1. The van der Waals surface area contributed by atoms with Crippen LogP contribution in [-0.4, -0.2) is 23.9 Å². The van der Waals surface area contributed by atoms with Gasteiger partial charge in [-0.25, -0.2) is 0 Å². The molecule has 2 nitrogen and oxygen atoms in total. The molecule has 0 fully saturated rings. The van der Waals surface area contributed by atoms with Gasteiger partial charge in [-0.15, -0.1) is 6.42 Å². The van der Waals surface area contributed by atoms with Crippen LogP contribution in [-0.2, 0) is 0 Å². The van der Waals surface area contributed by atoms with Gasteiger partial charge in [0, 0.05) is 15.7 Å². The molecule has 0 aliphatic rings. The Kier molecular flexibility index (Phi) is 5.10. The first kappa shape index (κ1) is 13.3. The molecule has 16 heavy (non-hydrogen) atoms. The standard InChI is InChI=1S/C12H11ClINO/c1-3-7-15(4-2)12(16)9-5-6-11(14)10(13)8-9/h1,5-6,8H,4,7H2,2H3. The Hall–Kier alpha value is -0.730. The molecular formula is C12H11ClINO. The number of halogens is 2. The summed E-state index contributed by atoms with van der Waals surface area (Å²) in [6.45, 7) is 2.80. The summed E-state index contributed by atoms with van der Waals surface area (Å²) in [6.07, 6.45) is 5.20. The summed E-state index contributed by atoms with van der Waals surface area (Å²) in [6, 6.07) is 5.25. The van der Waals surface area contributed by atoms with Gasteiger partial charge < -0.3 is 4.90 Å². The molecule has 1 rings (SSSR count). The minimum absolute atomic E-state index is 0.0845. The highest BCUT2D eigenvalue weighted by Crippen LogP contribution is 2.20. The molecule has 0 atom stereocenters. The van der Waals surface area contributed by atoms with Gasteiger partial charge in [0.25, 0.3) is 5.91 Å². The average Bonchev–Trinajstić information content (AvgIpc) is 2.28. The van der Waals surface area contributed by atoms with Gasteiger partial charge >= 0.3 is 0 Å². The number of rotatable bonds is 3. The van der Waals surface area contributed by atoms with E-state index in [0.717, 1.165) is 3.57 Å². The molecule has 4 heteroatoms. The fourth-order valence-corrected chi connectivity index (χ4v) is 1.77. The largest absolute Gasteiger partial charge is 0.328 e. The van der Waals surface area contributed by atoms with Crippen molar-refractivity contribution in [3.63, 3.8) is 0 Å². The molecule has 0 aromatic heterocycles. The van der Waals surface area contributed by atoms with Gasteiger partial charge in [-0.3, -0.25) is 4.79 Å². The van der Waals surface area contributed by atoms with E-state index in [1.54, 1.807) is 17.0 Å². The fourth-order valence-electron chi connectivity index (χ4n) is 1.25. The van der Waals surface area contributed by atoms with Crippen LogP contribution >= 0.6 is 34.2 Å². The zero-order valence-corrected chi connectivity index (χ0v) is 11.7. The third kappa shape index (κ3) is 3.13. The van der Waals surface area contributed by atoms with Crippen LogP contribution in [0.1, 0.15) is 17.3 Å². The monoisotopic (exact) mass is 347 g/mol. The van der Waals surface area contributed by atoms with Crippen molar-refractivity contribution in [1.82, 2.24) is 4.90 Å². The molecule has 1 aromatic carbocycles. The Bertz CT molecular complexity index is 439. The van der Waals surface area contributed by atoms with Gasteiger partial charge in [-0.05, 0) is 47.7 Å². The lowest BCUT2D eigenvalue weighted by atomic mass is 10.2. The van der Waals surface area contributed by atoms with E-state index in [0.29, 0.717) is 23.7 Å². The number of hydrogen-bond acceptors (Lipinski definition) is 1. The highest BCUT2D eigenvalue weighted by Gasteiger charge is 2.13. The maximum absolute atomic E-state index is 12.0. The molecular weight excluding hydrogens is 336 g/mol. The predicted octanol–water partition coefficient (Wildman–Crippen LogP) is 3.04. The Morgan fingerprint density at radius 3 is 2.81 bits per heavy atom. The first-order chi connectivity index (χ1) is 7.60. The first-order valence-corrected chi connectivity index (χ1v) is 6.23. The summed E-state index contributed by atoms with van der Waals surface area (Å²) >= 11 is 8.08. The molecule has 0 radical (unpaired) electrons. The Morgan fingerprint density at radius 1 is 1.62 bits per heavy atom. The SMILES string of the molecule is C#CCN(CC)C(=O)c1ccc(I)c(Cl)c1. The van der Waals surface area contributed by atoms with Crippen molar-refractivity contribution in [2.75, 3.05) is 13.1 Å². The highest BCUT2D eigenvalue weighted by molar-refractivity contribution is 14.1. The van der Waals surface area contributed by atoms with E-state index in [1.807, 2.05) is 13.0 Å². The van der Waals surface area contributed by atoms with E-state index in [9.17, 15) is 4.79 Å². The van der Waals surface area contributed by atoms with Gasteiger partial charge in [-0.1, -0.05) is 17.5 Å². The molecule has 0 saturated heterocycles. The minimum Gasteiger partial charge on any atom is -0.328 e. The molecule has 0 N–H and O–H groups in total. The minimum atomic E-state index is -0.0845. The molecule has 0 aliphatic heterocycles. The van der Waals surface area contributed by atoms with Gasteiger partial charge in [0.15, 0.2) is 0 Å². The number of terminal acetylenes is 1. The van der Waals surface area contributed by atoms with E-state index in [1.165, 1.54) is 0 Å². The molecule has 0 spiro atoms. The Labute approximate surface area is 114 Å². The second-order valence-electron chi connectivity index (χ2n) is 3.15. The van der Waals surface area contributed by atoms with Crippen molar-refractivity contribution in [2.45, 2.75) is 6.92 Å². The third-order valence-corrected chi connectivity index (χ3v) is 3.69. The normalized spacial score (nSPS) is 9.62. The predicted molar refractivity (Wildman–Crippen MR) is 74.6 cm³/mol. The Morgan fingerprint density at radius 2 is 2.31 bits per heavy atom. The molecule has 0 saturated carbocycles. The van der Waals surface area contributed by atoms with Crippen LogP contribution in [0, 0.1) is 15.9 Å². The summed E-state index contributed by atoms with van der Waals surface area (Å²) in [7, 11) is 0. The molecule has 0 aliphatic carbocycles. The zero-order valence-electron chi connectivity index (χ0n) is 8.84. The lowest BCUT2D eigenvalue weighted by molar-refractivity contribution is 0.0785. The topological polar surface area (TPSA) is 20.3 Å². The number of nitrogens with zero attached hydrogens (tertiary/aromatic N) is 1. The summed E-state index contributed by atoms with van der Waals surface area (Å²) < 4.78 is 0.927. The third-order valence-electron chi connectivity index (χ3n) is 2.12. The van der Waals surface area contributed by atoms with Gasteiger partial charge in [0.05, 0.1) is 11.6 Å². The molecule has 0 bridgehead atoms. The van der Waals surface area contributed by atoms with Crippen LogP contribution in [0.4, 0.5) is 0 Å². The number of carbonyl (C=O) groups is 1. The summed E-state index contributed by atoms with van der Waals surface area (Å²) in [5, 5.41) is 0.586. The molecule has 1 aromatic rings. The van der Waals surface area contributed by atoms with E-state index in [2.05, 4.69) is 28.5 Å². The van der Waals surface area contributed by atoms with E-state index < -0.39 is 0 Å². The number of hydrogen-bond donors (Lipinski definition) is 0. The van der Waals surface area contributed by atoms with E-state index in [-0.39, 0.29) is 5.91 Å². The maximum atomic E-state index is 12.0. The van der Waals surface area contributed by atoms with Crippen LogP contribution in [0.25, 0.3) is 0 Å². The van der Waals surface area contributed by atoms with Crippen molar-refractivity contribution >= 4 is 40.1 Å². The smallest absolute Gasteiger partial charge is 0.254 e. The highest BCUT2D eigenvalue weighted by atomic mass is 127. The van der Waals surface area contributed by atoms with Crippen molar-refractivity contribution in [1.29, 1.82) is 0 Å². The summed E-state index contributed by atoms with van der Waals surface area (Å²) in [4.78, 5) is 13.6. The molecule has 0 unspecified atom stereocenters. The van der Waals surface area contributed by atoms with Crippen molar-refractivity contribution in [2.24, 2.45) is 0 Å². The van der Waals surface area contributed by atoms with Crippen LogP contribution in [0.5, 0.6) is 0 Å². The van der Waals surface area contributed by atoms with Crippen molar-refractivity contribution in [3.05, 3.63) is 32.4 Å². The van der Waals surface area contributed by atoms with Crippen LogP contribution < -0.4 is 0 Å². The number of amides is 1. The van der Waals surface area contributed by atoms with Crippen LogP contribution in [0.2, 0.25) is 5.02 Å². The average molecular weight is 348 g/mol. The van der Waals surface area contributed by atoms with Crippen molar-refractivity contribution in [3.8, 4) is 12.3 Å². The van der Waals surface area contributed by atoms with Gasteiger partial charge in [-0.2, -0.15) is 0 Å². The second kappa shape index (κ2) is 6.12. The van der Waals surface area contributed by atoms with Gasteiger partial charge in [0.1, 0.15) is 0 Å². The molecule has 0 heterocycles.